The molecule has 0 unspecified atom stereocenters. The van der Waals surface area contributed by atoms with Gasteiger partial charge in [0, 0.05) is 19.6 Å². The summed E-state index contributed by atoms with van der Waals surface area (Å²) in [4.78, 5) is 0. The Hall–Kier alpha value is -0.290. The number of alkyl halides is 3. The van der Waals surface area contributed by atoms with E-state index in [1.54, 1.807) is 0 Å². The van der Waals surface area contributed by atoms with Gasteiger partial charge in [0.15, 0.2) is 0 Å². The molecule has 0 saturated carbocycles. The van der Waals surface area contributed by atoms with Gasteiger partial charge in [-0.1, -0.05) is 0 Å². The van der Waals surface area contributed by atoms with Crippen LogP contribution in [0.3, 0.4) is 0 Å². The molecule has 5 heteroatoms. The van der Waals surface area contributed by atoms with E-state index < -0.39 is 12.6 Å². The molecule has 0 rings (SSSR count). The maximum atomic E-state index is 11.7. The summed E-state index contributed by atoms with van der Waals surface area (Å²) in [6, 6.07) is 0. The van der Waals surface area contributed by atoms with Gasteiger partial charge < -0.3 is 10.5 Å². The van der Waals surface area contributed by atoms with Crippen molar-refractivity contribution in [2.45, 2.75) is 38.3 Å². The Kier molecular flexibility index (Phi) is 7.89. The third-order valence-corrected chi connectivity index (χ3v) is 1.74. The lowest BCUT2D eigenvalue weighted by Gasteiger charge is -2.06. The molecule has 0 spiro atoms. The van der Waals surface area contributed by atoms with Gasteiger partial charge in [0.2, 0.25) is 0 Å². The first-order chi connectivity index (χ1) is 6.56. The van der Waals surface area contributed by atoms with Crippen LogP contribution >= 0.6 is 0 Å². The normalized spacial score (nSPS) is 12.0. The Morgan fingerprint density at radius 2 is 1.57 bits per heavy atom. The third kappa shape index (κ3) is 11.7. The number of halogens is 3. The van der Waals surface area contributed by atoms with Crippen LogP contribution in [0, 0.1) is 0 Å². The number of hydrogen-bond donors (Lipinski definition) is 1. The van der Waals surface area contributed by atoms with Gasteiger partial charge in [-0.25, -0.2) is 0 Å². The Morgan fingerprint density at radius 3 is 2.14 bits per heavy atom. The van der Waals surface area contributed by atoms with E-state index in [4.69, 9.17) is 10.5 Å². The van der Waals surface area contributed by atoms with Crippen LogP contribution in [-0.2, 0) is 4.74 Å². The first-order valence-corrected chi connectivity index (χ1v) is 4.91. The van der Waals surface area contributed by atoms with E-state index >= 15 is 0 Å². The third-order valence-electron chi connectivity index (χ3n) is 1.74. The average Bonchev–Trinajstić information content (AvgIpc) is 2.08. The largest absolute Gasteiger partial charge is 0.389 e. The van der Waals surface area contributed by atoms with Crippen molar-refractivity contribution in [1.82, 2.24) is 0 Å². The van der Waals surface area contributed by atoms with E-state index in [2.05, 4.69) is 0 Å². The van der Waals surface area contributed by atoms with Crippen molar-refractivity contribution < 1.29 is 17.9 Å². The lowest BCUT2D eigenvalue weighted by Crippen LogP contribution is -2.09. The zero-order valence-electron chi connectivity index (χ0n) is 8.28. The van der Waals surface area contributed by atoms with Crippen LogP contribution in [0.5, 0.6) is 0 Å². The molecule has 0 amide bonds. The summed E-state index contributed by atoms with van der Waals surface area (Å²) in [6.07, 6.45) is -1.94. The van der Waals surface area contributed by atoms with Gasteiger partial charge in [-0.15, -0.1) is 0 Å². The molecular weight excluding hydrogens is 195 g/mol. The lowest BCUT2D eigenvalue weighted by atomic mass is 10.2. The molecule has 0 bridgehead atoms. The number of unbranched alkanes of at least 4 members (excludes halogenated alkanes) is 2. The fourth-order valence-electron chi connectivity index (χ4n) is 1.00. The highest BCUT2D eigenvalue weighted by Crippen LogP contribution is 2.20. The minimum absolute atomic E-state index is 0.0559. The summed E-state index contributed by atoms with van der Waals surface area (Å²) in [5, 5.41) is 0. The maximum Gasteiger partial charge on any atom is 0.389 e. The molecule has 0 radical (unpaired) electrons. The Bertz CT molecular complexity index is 128. The molecule has 0 atom stereocenters. The van der Waals surface area contributed by atoms with Crippen molar-refractivity contribution in [3.8, 4) is 0 Å². The molecule has 0 aromatic rings. The lowest BCUT2D eigenvalue weighted by molar-refractivity contribution is -0.137. The number of hydrogen-bond acceptors (Lipinski definition) is 2. The molecule has 0 aliphatic carbocycles. The summed E-state index contributed by atoms with van der Waals surface area (Å²) in [5.41, 5.74) is 5.27. The summed E-state index contributed by atoms with van der Waals surface area (Å²) in [6.45, 7) is 1.40. The fourth-order valence-corrected chi connectivity index (χ4v) is 1.00. The maximum absolute atomic E-state index is 11.7. The summed E-state index contributed by atoms with van der Waals surface area (Å²) >= 11 is 0. The van der Waals surface area contributed by atoms with Crippen LogP contribution < -0.4 is 5.73 Å². The number of ether oxygens (including phenoxy) is 1. The molecule has 2 nitrogen and oxygen atoms in total. The molecule has 0 aliphatic rings. The van der Waals surface area contributed by atoms with Crippen LogP contribution in [0.4, 0.5) is 13.2 Å². The highest BCUT2D eigenvalue weighted by Gasteiger charge is 2.25. The van der Waals surface area contributed by atoms with Gasteiger partial charge in [-0.05, 0) is 32.2 Å². The smallest absolute Gasteiger partial charge is 0.381 e. The highest BCUT2D eigenvalue weighted by molar-refractivity contribution is 4.49. The van der Waals surface area contributed by atoms with Crippen LogP contribution in [0.15, 0.2) is 0 Å². The molecule has 0 heterocycles. The Labute approximate surface area is 82.6 Å². The zero-order chi connectivity index (χ0) is 10.9. The van der Waals surface area contributed by atoms with Crippen molar-refractivity contribution in [1.29, 1.82) is 0 Å². The molecule has 0 fully saturated rings. The standard InChI is InChI=1S/C9H18F3NO/c10-9(11,12)5-4-8-14-7-3-1-2-6-13/h1-8,13H2. The second kappa shape index (κ2) is 8.05. The predicted octanol–water partition coefficient (Wildman–Crippen LogP) is 2.47. The molecule has 0 saturated heterocycles. The van der Waals surface area contributed by atoms with E-state index in [-0.39, 0.29) is 13.0 Å². The van der Waals surface area contributed by atoms with Crippen molar-refractivity contribution in [2.24, 2.45) is 5.73 Å². The minimum atomic E-state index is -4.05. The van der Waals surface area contributed by atoms with E-state index in [0.29, 0.717) is 13.2 Å². The topological polar surface area (TPSA) is 35.2 Å². The van der Waals surface area contributed by atoms with E-state index in [1.807, 2.05) is 0 Å². The number of nitrogens with two attached hydrogens (primary N) is 1. The SMILES string of the molecule is NCCCCCOCCCC(F)(F)F. The molecule has 14 heavy (non-hydrogen) atoms. The average molecular weight is 213 g/mol. The van der Waals surface area contributed by atoms with Crippen molar-refractivity contribution in [2.75, 3.05) is 19.8 Å². The molecule has 2 N–H and O–H groups in total. The van der Waals surface area contributed by atoms with Crippen molar-refractivity contribution in [3.63, 3.8) is 0 Å². The van der Waals surface area contributed by atoms with E-state index in [1.165, 1.54) is 0 Å². The van der Waals surface area contributed by atoms with Gasteiger partial charge in [0.05, 0.1) is 0 Å². The van der Waals surface area contributed by atoms with Crippen LogP contribution in [0.1, 0.15) is 32.1 Å². The first kappa shape index (κ1) is 13.7. The summed E-state index contributed by atoms with van der Waals surface area (Å²) in [7, 11) is 0. The second-order valence-electron chi connectivity index (χ2n) is 3.18. The predicted molar refractivity (Wildman–Crippen MR) is 49.0 cm³/mol. The van der Waals surface area contributed by atoms with Gasteiger partial charge >= 0.3 is 6.18 Å². The number of rotatable bonds is 8. The minimum Gasteiger partial charge on any atom is -0.381 e. The highest BCUT2D eigenvalue weighted by atomic mass is 19.4. The quantitative estimate of drug-likeness (QED) is 0.629. The molecule has 0 aromatic carbocycles. The molecule has 86 valence electrons. The molecular formula is C9H18F3NO. The first-order valence-electron chi connectivity index (χ1n) is 4.91. The van der Waals surface area contributed by atoms with Crippen LogP contribution in [0.25, 0.3) is 0 Å². The Morgan fingerprint density at radius 1 is 0.929 bits per heavy atom. The fraction of sp³-hybridized carbons (Fsp3) is 1.00. The van der Waals surface area contributed by atoms with Gasteiger partial charge in [-0.2, -0.15) is 13.2 Å². The summed E-state index contributed by atoms with van der Waals surface area (Å²) < 4.78 is 40.0. The van der Waals surface area contributed by atoms with Crippen LogP contribution in [0.2, 0.25) is 0 Å². The van der Waals surface area contributed by atoms with Crippen molar-refractivity contribution in [3.05, 3.63) is 0 Å². The second-order valence-corrected chi connectivity index (χ2v) is 3.18. The van der Waals surface area contributed by atoms with Gasteiger partial charge in [0.1, 0.15) is 0 Å². The summed E-state index contributed by atoms with van der Waals surface area (Å²) in [5.74, 6) is 0. The molecule has 0 aromatic heterocycles. The zero-order valence-corrected chi connectivity index (χ0v) is 8.28. The van der Waals surface area contributed by atoms with E-state index in [9.17, 15) is 13.2 Å². The van der Waals surface area contributed by atoms with Gasteiger partial charge in [0.25, 0.3) is 0 Å². The van der Waals surface area contributed by atoms with Crippen LogP contribution in [-0.4, -0.2) is 25.9 Å². The van der Waals surface area contributed by atoms with Crippen molar-refractivity contribution >= 4 is 0 Å². The monoisotopic (exact) mass is 213 g/mol. The van der Waals surface area contributed by atoms with E-state index in [0.717, 1.165) is 19.3 Å². The molecule has 0 aliphatic heterocycles. The van der Waals surface area contributed by atoms with Gasteiger partial charge in [-0.3, -0.25) is 0 Å². The Balaban J connectivity index is 2.99.